The fourth-order valence-electron chi connectivity index (χ4n) is 3.33. The summed E-state index contributed by atoms with van der Waals surface area (Å²) in [6.07, 6.45) is 3.45. The van der Waals surface area contributed by atoms with Crippen LogP contribution in [0, 0.1) is 5.82 Å². The van der Waals surface area contributed by atoms with E-state index in [0.29, 0.717) is 21.9 Å². The number of aromatic nitrogens is 2. The molecule has 1 amide bonds. The van der Waals surface area contributed by atoms with Gasteiger partial charge in [-0.15, -0.1) is 11.3 Å². The van der Waals surface area contributed by atoms with E-state index in [1.165, 1.54) is 23.5 Å². The highest BCUT2D eigenvalue weighted by atomic mass is 32.1. The van der Waals surface area contributed by atoms with Gasteiger partial charge in [-0.05, 0) is 55.5 Å². The molecule has 1 aliphatic rings. The lowest BCUT2D eigenvalue weighted by Gasteiger charge is -2.18. The predicted molar refractivity (Wildman–Crippen MR) is 125 cm³/mol. The van der Waals surface area contributed by atoms with Crippen molar-refractivity contribution < 1.29 is 13.9 Å². The minimum absolute atomic E-state index is 0.0000942. The highest BCUT2D eigenvalue weighted by molar-refractivity contribution is 7.07. The normalized spacial score (nSPS) is 13.9. The molecule has 0 atom stereocenters. The predicted octanol–water partition coefficient (Wildman–Crippen LogP) is 4.59. The minimum Gasteiger partial charge on any atom is -0.482 e. The number of ether oxygens (including phenoxy) is 1. The van der Waals surface area contributed by atoms with Gasteiger partial charge in [-0.1, -0.05) is 6.07 Å². The molecular weight excluding hydrogens is 441 g/mol. The second-order valence-corrected chi connectivity index (χ2v) is 8.11. The number of nitrogens with one attached hydrogen (secondary N) is 1. The van der Waals surface area contributed by atoms with Crippen molar-refractivity contribution in [2.45, 2.75) is 6.92 Å². The topological polar surface area (TPSA) is 80.9 Å². The molecule has 4 aromatic rings. The maximum Gasteiger partial charge on any atom is 0.262 e. The Bertz CT molecular complexity index is 1430. The fraction of sp³-hybridized carbons (Fsp3) is 0.0833. The lowest BCUT2D eigenvalue weighted by Crippen LogP contribution is -2.25. The molecule has 0 fully saturated rings. The Balaban J connectivity index is 1.66. The quantitative estimate of drug-likeness (QED) is 0.454. The van der Waals surface area contributed by atoms with Gasteiger partial charge in [-0.2, -0.15) is 5.10 Å². The van der Waals surface area contributed by atoms with Crippen LogP contribution in [0.2, 0.25) is 0 Å². The van der Waals surface area contributed by atoms with Gasteiger partial charge in [0.2, 0.25) is 4.80 Å². The third kappa shape index (κ3) is 4.44. The standard InChI is InChI=1S/C24H18FN5O2S/c1-15(17-3-2-10-26-12-17)29-30-21(14-33-24(30)27-19-7-5-18(25)6-8-19)16-4-9-22-20(11-16)28-23(31)13-32-22/h2-12,14H,13H2,1H3,(H,28,31). The monoisotopic (exact) mass is 459 g/mol. The number of fused-ring (bicyclic) bond motifs is 1. The number of pyridine rings is 1. The lowest BCUT2D eigenvalue weighted by molar-refractivity contribution is -0.118. The van der Waals surface area contributed by atoms with Gasteiger partial charge < -0.3 is 10.1 Å². The third-order valence-electron chi connectivity index (χ3n) is 4.97. The summed E-state index contributed by atoms with van der Waals surface area (Å²) >= 11 is 1.41. The molecule has 0 bridgehead atoms. The molecule has 2 aromatic heterocycles. The molecule has 0 spiro atoms. The summed E-state index contributed by atoms with van der Waals surface area (Å²) in [6.45, 7) is 1.90. The van der Waals surface area contributed by atoms with Crippen molar-refractivity contribution in [3.8, 4) is 17.0 Å². The van der Waals surface area contributed by atoms with E-state index < -0.39 is 0 Å². The summed E-state index contributed by atoms with van der Waals surface area (Å²) in [5.74, 6) is 0.0964. The summed E-state index contributed by atoms with van der Waals surface area (Å²) in [5, 5.41) is 9.60. The number of hydrogen-bond donors (Lipinski definition) is 1. The average Bonchev–Trinajstić information content (AvgIpc) is 3.22. The largest absolute Gasteiger partial charge is 0.482 e. The average molecular weight is 460 g/mol. The number of rotatable bonds is 4. The molecule has 164 valence electrons. The van der Waals surface area contributed by atoms with Gasteiger partial charge in [-0.3, -0.25) is 9.78 Å². The molecule has 0 saturated heterocycles. The van der Waals surface area contributed by atoms with Gasteiger partial charge in [0.1, 0.15) is 11.6 Å². The number of nitrogens with zero attached hydrogens (tertiary/aromatic N) is 4. The van der Waals surface area contributed by atoms with Crippen molar-refractivity contribution in [3.05, 3.63) is 88.6 Å². The van der Waals surface area contributed by atoms with Crippen LogP contribution >= 0.6 is 11.3 Å². The molecule has 2 aromatic carbocycles. The van der Waals surface area contributed by atoms with Crippen LogP contribution in [0.4, 0.5) is 15.8 Å². The Morgan fingerprint density at radius 2 is 2.06 bits per heavy atom. The number of halogens is 1. The van der Waals surface area contributed by atoms with E-state index in [1.54, 1.807) is 29.2 Å². The summed E-state index contributed by atoms with van der Waals surface area (Å²) in [5.41, 5.74) is 4.45. The van der Waals surface area contributed by atoms with E-state index in [1.807, 2.05) is 42.6 Å². The number of thiazole rings is 1. The number of anilines is 1. The van der Waals surface area contributed by atoms with Gasteiger partial charge in [0, 0.05) is 28.9 Å². The fourth-order valence-corrected chi connectivity index (χ4v) is 4.18. The van der Waals surface area contributed by atoms with E-state index >= 15 is 0 Å². The first kappa shape index (κ1) is 20.8. The Morgan fingerprint density at radius 3 is 2.85 bits per heavy atom. The van der Waals surface area contributed by atoms with Gasteiger partial charge in [-0.25, -0.2) is 14.1 Å². The third-order valence-corrected chi connectivity index (χ3v) is 5.79. The summed E-state index contributed by atoms with van der Waals surface area (Å²) < 4.78 is 20.6. The molecular formula is C24H18FN5O2S. The van der Waals surface area contributed by atoms with E-state index in [4.69, 9.17) is 9.84 Å². The van der Waals surface area contributed by atoms with Crippen molar-refractivity contribution in [1.82, 2.24) is 9.66 Å². The molecule has 0 saturated carbocycles. The molecule has 33 heavy (non-hydrogen) atoms. The van der Waals surface area contributed by atoms with E-state index in [2.05, 4.69) is 15.3 Å². The molecule has 5 rings (SSSR count). The zero-order chi connectivity index (χ0) is 22.8. The SMILES string of the molecule is CC(=Nn1c(-c2ccc3c(c2)NC(=O)CO3)csc1=Nc1ccc(F)cc1)c1cccnc1. The molecule has 0 unspecified atom stereocenters. The molecule has 3 heterocycles. The van der Waals surface area contributed by atoms with Crippen molar-refractivity contribution in [2.24, 2.45) is 10.1 Å². The summed E-state index contributed by atoms with van der Waals surface area (Å²) in [7, 11) is 0. The molecule has 0 radical (unpaired) electrons. The van der Waals surface area contributed by atoms with Crippen molar-refractivity contribution in [3.63, 3.8) is 0 Å². The molecule has 0 aliphatic carbocycles. The minimum atomic E-state index is -0.322. The number of amides is 1. The Labute approximate surface area is 192 Å². The van der Waals surface area contributed by atoms with Gasteiger partial charge in [0.05, 0.1) is 22.8 Å². The molecule has 1 aliphatic heterocycles. The highest BCUT2D eigenvalue weighted by Gasteiger charge is 2.18. The number of carbonyl (C=O) groups is 1. The van der Waals surface area contributed by atoms with E-state index in [0.717, 1.165) is 22.5 Å². The number of hydrogen-bond acceptors (Lipinski definition) is 6. The maximum absolute atomic E-state index is 13.3. The zero-order valence-electron chi connectivity index (χ0n) is 17.5. The van der Waals surface area contributed by atoms with Crippen LogP contribution < -0.4 is 14.9 Å². The Morgan fingerprint density at radius 1 is 1.21 bits per heavy atom. The summed E-state index contributed by atoms with van der Waals surface area (Å²) in [4.78, 5) is 21.2. The number of benzene rings is 2. The van der Waals surface area contributed by atoms with Crippen LogP contribution in [-0.2, 0) is 4.79 Å². The first-order valence-corrected chi connectivity index (χ1v) is 11.0. The van der Waals surface area contributed by atoms with E-state index in [-0.39, 0.29) is 18.3 Å². The van der Waals surface area contributed by atoms with Crippen molar-refractivity contribution in [2.75, 3.05) is 11.9 Å². The van der Waals surface area contributed by atoms with E-state index in [9.17, 15) is 9.18 Å². The highest BCUT2D eigenvalue weighted by Crippen LogP contribution is 2.33. The number of carbonyl (C=O) groups excluding carboxylic acids is 1. The van der Waals surface area contributed by atoms with Crippen molar-refractivity contribution in [1.29, 1.82) is 0 Å². The Hall–Kier alpha value is -4.11. The Kier molecular flexibility index (Phi) is 5.54. The lowest BCUT2D eigenvalue weighted by atomic mass is 10.1. The van der Waals surface area contributed by atoms with Crippen LogP contribution in [0.15, 0.2) is 82.5 Å². The van der Waals surface area contributed by atoms with Gasteiger partial charge >= 0.3 is 0 Å². The van der Waals surface area contributed by atoms with Crippen LogP contribution in [0.1, 0.15) is 12.5 Å². The van der Waals surface area contributed by atoms with Crippen LogP contribution in [0.25, 0.3) is 11.3 Å². The van der Waals surface area contributed by atoms with Crippen LogP contribution in [0.5, 0.6) is 5.75 Å². The second kappa shape index (κ2) is 8.79. The molecule has 7 nitrogen and oxygen atoms in total. The first-order chi connectivity index (χ1) is 16.1. The van der Waals surface area contributed by atoms with Crippen molar-refractivity contribution >= 4 is 34.3 Å². The summed E-state index contributed by atoms with van der Waals surface area (Å²) in [6, 6.07) is 15.3. The maximum atomic E-state index is 13.3. The zero-order valence-corrected chi connectivity index (χ0v) is 18.3. The van der Waals surface area contributed by atoms with Gasteiger partial charge in [0.15, 0.2) is 6.61 Å². The smallest absolute Gasteiger partial charge is 0.262 e. The molecule has 1 N–H and O–H groups in total. The van der Waals surface area contributed by atoms with Gasteiger partial charge in [0.25, 0.3) is 5.91 Å². The van der Waals surface area contributed by atoms with Crippen LogP contribution in [-0.4, -0.2) is 27.9 Å². The molecule has 9 heteroatoms. The second-order valence-electron chi connectivity index (χ2n) is 7.28. The van der Waals surface area contributed by atoms with Crippen LogP contribution in [0.3, 0.4) is 0 Å². The first-order valence-electron chi connectivity index (χ1n) is 10.1.